The summed E-state index contributed by atoms with van der Waals surface area (Å²) in [4.78, 5) is 34.9. The van der Waals surface area contributed by atoms with Crippen molar-refractivity contribution in [2.75, 3.05) is 26.4 Å². The molecule has 0 aliphatic rings. The molecule has 0 spiro atoms. The van der Waals surface area contributed by atoms with E-state index in [4.69, 9.17) is 19.1 Å². The largest absolute Gasteiger partial charge is 0.472 e. The molecule has 0 amide bonds. The van der Waals surface area contributed by atoms with Crippen LogP contribution in [-0.2, 0) is 32.7 Å². The van der Waals surface area contributed by atoms with Gasteiger partial charge in [-0.1, -0.05) is 181 Å². The molecule has 10 nitrogen and oxygen atoms in total. The van der Waals surface area contributed by atoms with E-state index >= 15 is 0 Å². The van der Waals surface area contributed by atoms with E-state index in [0.29, 0.717) is 12.8 Å². The first-order chi connectivity index (χ1) is 24.7. The summed E-state index contributed by atoms with van der Waals surface area (Å²) in [6.45, 7) is 2.41. The number of aliphatic hydroxyl groups excluding tert-OH is 2. The van der Waals surface area contributed by atoms with Crippen LogP contribution in [0.4, 0.5) is 0 Å². The van der Waals surface area contributed by atoms with Gasteiger partial charge in [-0.25, -0.2) is 4.57 Å². The number of rotatable bonds is 40. The number of phosphoric ester groups is 1. The van der Waals surface area contributed by atoms with Gasteiger partial charge in [-0.15, -0.1) is 0 Å². The lowest BCUT2D eigenvalue weighted by Crippen LogP contribution is -2.29. The van der Waals surface area contributed by atoms with Crippen LogP contribution in [0.5, 0.6) is 0 Å². The molecular formula is C40H79O10P. The zero-order valence-electron chi connectivity index (χ0n) is 32.8. The molecule has 0 aromatic rings. The first kappa shape index (κ1) is 50.0. The van der Waals surface area contributed by atoms with Crippen LogP contribution in [-0.4, -0.2) is 65.7 Å². The van der Waals surface area contributed by atoms with E-state index in [1.54, 1.807) is 0 Å². The van der Waals surface area contributed by atoms with Crippen molar-refractivity contribution >= 4 is 19.8 Å². The normalized spacial score (nSPS) is 13.9. The highest BCUT2D eigenvalue weighted by molar-refractivity contribution is 7.47. The highest BCUT2D eigenvalue weighted by Crippen LogP contribution is 2.43. The molecule has 51 heavy (non-hydrogen) atoms. The number of carbonyl (C=O) groups is 2. The van der Waals surface area contributed by atoms with E-state index < -0.39 is 51.8 Å². The highest BCUT2D eigenvalue weighted by Gasteiger charge is 2.27. The van der Waals surface area contributed by atoms with Crippen LogP contribution in [0.25, 0.3) is 0 Å². The van der Waals surface area contributed by atoms with Crippen molar-refractivity contribution in [3.05, 3.63) is 0 Å². The summed E-state index contributed by atoms with van der Waals surface area (Å²) in [5.74, 6) is -0.911. The summed E-state index contributed by atoms with van der Waals surface area (Å²) in [6, 6.07) is 0. The Hall–Kier alpha value is -1.03. The Morgan fingerprint density at radius 1 is 0.510 bits per heavy atom. The van der Waals surface area contributed by atoms with Crippen LogP contribution >= 0.6 is 7.82 Å². The van der Waals surface area contributed by atoms with Gasteiger partial charge in [-0.05, 0) is 12.8 Å². The summed E-state index contributed by atoms with van der Waals surface area (Å²) < 4.78 is 32.7. The maximum absolute atomic E-state index is 12.6. The van der Waals surface area contributed by atoms with Crippen LogP contribution in [0.2, 0.25) is 0 Å². The van der Waals surface area contributed by atoms with Crippen molar-refractivity contribution < 1.29 is 47.8 Å². The third-order valence-corrected chi connectivity index (χ3v) is 10.2. The number of ether oxygens (including phenoxy) is 2. The van der Waals surface area contributed by atoms with Crippen molar-refractivity contribution in [1.82, 2.24) is 0 Å². The van der Waals surface area contributed by atoms with Crippen molar-refractivity contribution in [3.8, 4) is 0 Å². The predicted molar refractivity (Wildman–Crippen MR) is 206 cm³/mol. The molecule has 0 aliphatic heterocycles. The monoisotopic (exact) mass is 751 g/mol. The van der Waals surface area contributed by atoms with Gasteiger partial charge in [0.2, 0.25) is 0 Å². The Balaban J connectivity index is 4.28. The number of hydrogen-bond donors (Lipinski definition) is 3. The Kier molecular flexibility index (Phi) is 36.5. The third-order valence-electron chi connectivity index (χ3n) is 9.26. The smallest absolute Gasteiger partial charge is 0.462 e. The fourth-order valence-electron chi connectivity index (χ4n) is 5.99. The van der Waals surface area contributed by atoms with Gasteiger partial charge in [-0.2, -0.15) is 0 Å². The fourth-order valence-corrected chi connectivity index (χ4v) is 6.78. The first-order valence-electron chi connectivity index (χ1n) is 21.0. The van der Waals surface area contributed by atoms with Gasteiger partial charge >= 0.3 is 19.8 Å². The molecule has 0 fully saturated rings. The number of phosphoric acid groups is 1. The van der Waals surface area contributed by atoms with Gasteiger partial charge in [0.25, 0.3) is 0 Å². The average molecular weight is 751 g/mol. The second-order valence-electron chi connectivity index (χ2n) is 14.4. The van der Waals surface area contributed by atoms with E-state index in [-0.39, 0.29) is 19.4 Å². The number of aliphatic hydroxyl groups is 2. The number of carbonyl (C=O) groups excluding carboxylic acids is 2. The molecule has 3 N–H and O–H groups in total. The van der Waals surface area contributed by atoms with Gasteiger partial charge in [0.1, 0.15) is 12.7 Å². The topological polar surface area (TPSA) is 149 Å². The fraction of sp³-hybridized carbons (Fsp3) is 0.950. The molecule has 0 aromatic heterocycles. The third kappa shape index (κ3) is 37.1. The lowest BCUT2D eigenvalue weighted by Gasteiger charge is -2.20. The second-order valence-corrected chi connectivity index (χ2v) is 15.8. The molecule has 304 valence electrons. The first-order valence-corrected chi connectivity index (χ1v) is 22.5. The van der Waals surface area contributed by atoms with Gasteiger partial charge < -0.3 is 24.6 Å². The van der Waals surface area contributed by atoms with E-state index in [1.165, 1.54) is 128 Å². The van der Waals surface area contributed by atoms with Gasteiger partial charge in [0.05, 0.1) is 19.8 Å². The van der Waals surface area contributed by atoms with Gasteiger partial charge in [-0.3, -0.25) is 18.6 Å². The SMILES string of the molecule is CCCCCCCCCCCCCCCCCC(=O)OC(COC(=O)CCCCCCCCCCCCCCC)COP(=O)(O)OCC(O)CO. The number of esters is 2. The Morgan fingerprint density at radius 2 is 0.843 bits per heavy atom. The zero-order valence-corrected chi connectivity index (χ0v) is 33.7. The maximum atomic E-state index is 12.6. The maximum Gasteiger partial charge on any atom is 0.472 e. The van der Waals surface area contributed by atoms with Crippen molar-refractivity contribution in [2.45, 2.75) is 219 Å². The van der Waals surface area contributed by atoms with Crippen LogP contribution in [0.15, 0.2) is 0 Å². The van der Waals surface area contributed by atoms with Crippen molar-refractivity contribution in [3.63, 3.8) is 0 Å². The van der Waals surface area contributed by atoms with Crippen molar-refractivity contribution in [1.29, 1.82) is 0 Å². The molecule has 0 aromatic carbocycles. The second kappa shape index (κ2) is 37.3. The minimum atomic E-state index is -4.60. The van der Waals surface area contributed by atoms with Crippen LogP contribution in [0.1, 0.15) is 206 Å². The van der Waals surface area contributed by atoms with Crippen LogP contribution < -0.4 is 0 Å². The van der Waals surface area contributed by atoms with Gasteiger partial charge in [0, 0.05) is 12.8 Å². The predicted octanol–water partition coefficient (Wildman–Crippen LogP) is 10.7. The average Bonchev–Trinajstić information content (AvgIpc) is 3.12. The number of hydrogen-bond acceptors (Lipinski definition) is 9. The summed E-state index contributed by atoms with van der Waals surface area (Å²) >= 11 is 0. The van der Waals surface area contributed by atoms with E-state index in [0.717, 1.165) is 38.5 Å². The van der Waals surface area contributed by atoms with Crippen LogP contribution in [0, 0.1) is 0 Å². The summed E-state index contributed by atoms with van der Waals surface area (Å²) in [5, 5.41) is 18.3. The Morgan fingerprint density at radius 3 is 1.22 bits per heavy atom. The standard InChI is InChI=1S/C40H79O10P/c1-3-5-7-9-11-13-15-17-18-20-22-24-26-28-30-32-40(44)50-38(36-49-51(45,46)48-34-37(42)33-41)35-47-39(43)31-29-27-25-23-21-19-16-14-12-10-8-6-4-2/h37-38,41-42H,3-36H2,1-2H3,(H,45,46). The summed E-state index contributed by atoms with van der Waals surface area (Å²) in [7, 11) is -4.60. The van der Waals surface area contributed by atoms with E-state index in [1.807, 2.05) is 0 Å². The number of unbranched alkanes of at least 4 members (excludes halogenated alkanes) is 26. The Labute approximate surface area is 312 Å². The molecule has 0 radical (unpaired) electrons. The zero-order chi connectivity index (χ0) is 37.7. The highest BCUT2D eigenvalue weighted by atomic mass is 31.2. The van der Waals surface area contributed by atoms with E-state index in [9.17, 15) is 24.2 Å². The van der Waals surface area contributed by atoms with Gasteiger partial charge in [0.15, 0.2) is 6.10 Å². The molecule has 0 saturated carbocycles. The molecule has 0 rings (SSSR count). The minimum absolute atomic E-state index is 0.192. The molecular weight excluding hydrogens is 671 g/mol. The molecule has 3 unspecified atom stereocenters. The minimum Gasteiger partial charge on any atom is -0.462 e. The molecule has 3 atom stereocenters. The molecule has 0 saturated heterocycles. The lowest BCUT2D eigenvalue weighted by atomic mass is 10.0. The molecule has 0 heterocycles. The summed E-state index contributed by atoms with van der Waals surface area (Å²) in [6.07, 6.45) is 32.1. The lowest BCUT2D eigenvalue weighted by molar-refractivity contribution is -0.161. The Bertz CT molecular complexity index is 827. The molecule has 0 bridgehead atoms. The van der Waals surface area contributed by atoms with Crippen molar-refractivity contribution in [2.24, 2.45) is 0 Å². The quantitative estimate of drug-likeness (QED) is 0.0314. The van der Waals surface area contributed by atoms with E-state index in [2.05, 4.69) is 18.4 Å². The van der Waals surface area contributed by atoms with Crippen LogP contribution in [0.3, 0.4) is 0 Å². The molecule has 11 heteroatoms. The molecule has 0 aliphatic carbocycles. The summed E-state index contributed by atoms with van der Waals surface area (Å²) in [5.41, 5.74) is 0.